The molecule has 0 aliphatic rings. The number of benzene rings is 1. The molecule has 5 rings (SSSR count). The summed E-state index contributed by atoms with van der Waals surface area (Å²) in [5.41, 5.74) is 0.972. The van der Waals surface area contributed by atoms with Crippen molar-refractivity contribution in [2.45, 2.75) is 26.4 Å². The number of aromatic nitrogens is 4. The quantitative estimate of drug-likeness (QED) is 0.341. The van der Waals surface area contributed by atoms with Gasteiger partial charge in [0.1, 0.15) is 10.7 Å². The molecule has 0 saturated carbocycles. The Kier molecular flexibility index (Phi) is 5.93. The summed E-state index contributed by atoms with van der Waals surface area (Å²) in [5.74, 6) is 1.72. The lowest BCUT2D eigenvalue weighted by Gasteiger charge is -2.18. The normalized spacial score (nSPS) is 11.6. The molecule has 0 saturated heterocycles. The fourth-order valence-corrected chi connectivity index (χ4v) is 5.25. The molecule has 0 radical (unpaired) electrons. The van der Waals surface area contributed by atoms with Gasteiger partial charge in [-0.1, -0.05) is 43.3 Å². The summed E-state index contributed by atoms with van der Waals surface area (Å²) in [6.07, 6.45) is 0.954. The van der Waals surface area contributed by atoms with E-state index in [2.05, 4.69) is 27.0 Å². The third-order valence-corrected chi connectivity index (χ3v) is 6.92. The number of thiophene rings is 2. The van der Waals surface area contributed by atoms with Crippen LogP contribution in [0.2, 0.25) is 0 Å². The van der Waals surface area contributed by atoms with Crippen molar-refractivity contribution < 1.29 is 4.42 Å². The molecule has 162 valence electrons. The van der Waals surface area contributed by atoms with E-state index in [1.165, 1.54) is 11.3 Å². The maximum absolute atomic E-state index is 12.7. The van der Waals surface area contributed by atoms with Gasteiger partial charge < -0.3 is 9.40 Å². The molecule has 0 atom stereocenters. The molecule has 7 nitrogen and oxygen atoms in total. The Morgan fingerprint density at radius 1 is 1.06 bits per heavy atom. The van der Waals surface area contributed by atoms with E-state index in [4.69, 9.17) is 9.40 Å². The first-order valence-electron chi connectivity index (χ1n) is 10.4. The average Bonchev–Trinajstić information content (AvgIpc) is 3.55. The van der Waals surface area contributed by atoms with E-state index in [0.717, 1.165) is 33.1 Å². The molecule has 1 N–H and O–H groups in total. The summed E-state index contributed by atoms with van der Waals surface area (Å²) in [5, 5.41) is 11.0. The van der Waals surface area contributed by atoms with Crippen molar-refractivity contribution >= 4 is 32.9 Å². The zero-order valence-corrected chi connectivity index (χ0v) is 19.1. The van der Waals surface area contributed by atoms with Gasteiger partial charge in [-0.2, -0.15) is 0 Å². The molecule has 9 heteroatoms. The number of fused-ring (bicyclic) bond motifs is 1. The smallest absolute Gasteiger partial charge is 0.259 e. The lowest BCUT2D eigenvalue weighted by molar-refractivity contribution is 0.227. The minimum atomic E-state index is -0.113. The topological polar surface area (TPSA) is 87.9 Å². The van der Waals surface area contributed by atoms with Crippen molar-refractivity contribution in [2.75, 3.05) is 6.54 Å². The molecule has 32 heavy (non-hydrogen) atoms. The Morgan fingerprint density at radius 3 is 2.72 bits per heavy atom. The second-order valence-corrected chi connectivity index (χ2v) is 9.38. The molecular formula is C23H21N5O2S2. The molecule has 4 aromatic heterocycles. The second kappa shape index (κ2) is 9.15. The van der Waals surface area contributed by atoms with E-state index >= 15 is 0 Å². The van der Waals surface area contributed by atoms with E-state index in [9.17, 15) is 4.79 Å². The summed E-state index contributed by atoms with van der Waals surface area (Å²) in [6, 6.07) is 15.9. The van der Waals surface area contributed by atoms with Crippen LogP contribution in [0.3, 0.4) is 0 Å². The van der Waals surface area contributed by atoms with Gasteiger partial charge in [-0.25, -0.2) is 4.98 Å². The van der Waals surface area contributed by atoms with Crippen molar-refractivity contribution in [1.29, 1.82) is 0 Å². The van der Waals surface area contributed by atoms with Gasteiger partial charge in [-0.3, -0.25) is 9.69 Å². The van der Waals surface area contributed by atoms with Crippen LogP contribution in [0.25, 0.3) is 31.4 Å². The van der Waals surface area contributed by atoms with Crippen LogP contribution in [0.15, 0.2) is 63.1 Å². The molecule has 0 unspecified atom stereocenters. The first-order valence-corrected chi connectivity index (χ1v) is 12.1. The SMILES string of the molecule is CCCN(Cc1nc2sc(-c3ccccc3)cc2c(=O)[nH]1)Cc1nnc(-c2cccs2)o1. The highest BCUT2D eigenvalue weighted by Gasteiger charge is 2.16. The first kappa shape index (κ1) is 20.7. The lowest BCUT2D eigenvalue weighted by Crippen LogP contribution is -2.26. The standard InChI is InChI=1S/C23H21N5O2S2/c1-2-10-28(14-20-26-27-22(30-20)17-9-6-11-31-17)13-19-24-21(29)16-12-18(32-23(16)25-19)15-7-4-3-5-8-15/h3-9,11-12H,2,10,13-14H2,1H3,(H,24,25,29). The van der Waals surface area contributed by atoms with Crippen molar-refractivity contribution in [2.24, 2.45) is 0 Å². The molecule has 0 spiro atoms. The van der Waals surface area contributed by atoms with Crippen LogP contribution in [0.4, 0.5) is 0 Å². The van der Waals surface area contributed by atoms with Crippen LogP contribution in [0, 0.1) is 0 Å². The molecule has 0 bridgehead atoms. The van der Waals surface area contributed by atoms with E-state index < -0.39 is 0 Å². The third kappa shape index (κ3) is 4.40. The average molecular weight is 464 g/mol. The molecular weight excluding hydrogens is 442 g/mol. The lowest BCUT2D eigenvalue weighted by atomic mass is 10.2. The maximum Gasteiger partial charge on any atom is 0.259 e. The van der Waals surface area contributed by atoms with Gasteiger partial charge in [0, 0.05) is 4.88 Å². The number of rotatable bonds is 8. The summed E-state index contributed by atoms with van der Waals surface area (Å²) < 4.78 is 5.85. The third-order valence-electron chi connectivity index (χ3n) is 4.98. The van der Waals surface area contributed by atoms with Crippen molar-refractivity contribution in [3.63, 3.8) is 0 Å². The molecule has 0 fully saturated rings. The van der Waals surface area contributed by atoms with Crippen LogP contribution in [0.5, 0.6) is 0 Å². The summed E-state index contributed by atoms with van der Waals surface area (Å²) in [4.78, 5) is 25.3. The van der Waals surface area contributed by atoms with Gasteiger partial charge in [-0.15, -0.1) is 32.9 Å². The molecule has 0 amide bonds. The van der Waals surface area contributed by atoms with E-state index in [-0.39, 0.29) is 5.56 Å². The highest BCUT2D eigenvalue weighted by molar-refractivity contribution is 7.21. The van der Waals surface area contributed by atoms with E-state index in [1.54, 1.807) is 11.3 Å². The largest absolute Gasteiger partial charge is 0.419 e. The van der Waals surface area contributed by atoms with Crippen LogP contribution in [-0.4, -0.2) is 31.6 Å². The molecule has 0 aliphatic heterocycles. The number of hydrogen-bond acceptors (Lipinski definition) is 8. The second-order valence-electron chi connectivity index (χ2n) is 7.40. The predicted octanol–water partition coefficient (Wildman–Crippen LogP) is 5.18. The van der Waals surface area contributed by atoms with Gasteiger partial charge in [0.05, 0.1) is 23.4 Å². The van der Waals surface area contributed by atoms with Crippen molar-refractivity contribution in [1.82, 2.24) is 25.1 Å². The fourth-order valence-electron chi connectivity index (χ4n) is 3.55. The first-order chi connectivity index (χ1) is 15.7. The molecule has 0 aliphatic carbocycles. The number of nitrogens with zero attached hydrogens (tertiary/aromatic N) is 4. The van der Waals surface area contributed by atoms with Gasteiger partial charge in [0.15, 0.2) is 0 Å². The highest BCUT2D eigenvalue weighted by Crippen LogP contribution is 2.30. The van der Waals surface area contributed by atoms with Gasteiger partial charge >= 0.3 is 0 Å². The molecule has 1 aromatic carbocycles. The predicted molar refractivity (Wildman–Crippen MR) is 128 cm³/mol. The van der Waals surface area contributed by atoms with Crippen LogP contribution >= 0.6 is 22.7 Å². The number of hydrogen-bond donors (Lipinski definition) is 1. The summed E-state index contributed by atoms with van der Waals surface area (Å²) >= 11 is 3.10. The minimum Gasteiger partial charge on any atom is -0.419 e. The van der Waals surface area contributed by atoms with Crippen LogP contribution in [0.1, 0.15) is 25.1 Å². The number of aromatic amines is 1. The zero-order chi connectivity index (χ0) is 21.9. The van der Waals surface area contributed by atoms with Gasteiger partial charge in [0.2, 0.25) is 5.89 Å². The summed E-state index contributed by atoms with van der Waals surface area (Å²) in [6.45, 7) is 3.92. The Labute approximate surface area is 192 Å². The van der Waals surface area contributed by atoms with E-state index in [0.29, 0.717) is 36.1 Å². The van der Waals surface area contributed by atoms with Gasteiger partial charge in [-0.05, 0) is 36.0 Å². The van der Waals surface area contributed by atoms with Crippen molar-refractivity contribution in [3.8, 4) is 21.2 Å². The Morgan fingerprint density at radius 2 is 1.94 bits per heavy atom. The zero-order valence-electron chi connectivity index (χ0n) is 17.4. The summed E-state index contributed by atoms with van der Waals surface area (Å²) in [7, 11) is 0. The van der Waals surface area contributed by atoms with Gasteiger partial charge in [0.25, 0.3) is 11.4 Å². The molecule has 4 heterocycles. The van der Waals surface area contributed by atoms with Crippen molar-refractivity contribution in [3.05, 3.63) is 76.0 Å². The van der Waals surface area contributed by atoms with E-state index in [1.807, 2.05) is 53.9 Å². The minimum absolute atomic E-state index is 0.113. The fraction of sp³-hybridized carbons (Fsp3) is 0.217. The monoisotopic (exact) mass is 463 g/mol. The maximum atomic E-state index is 12.7. The Hall–Kier alpha value is -3.14. The van der Waals surface area contributed by atoms with Crippen LogP contribution < -0.4 is 5.56 Å². The number of H-pyrrole nitrogens is 1. The Balaban J connectivity index is 1.38. The highest BCUT2D eigenvalue weighted by atomic mass is 32.1. The number of nitrogens with one attached hydrogen (secondary N) is 1. The Bertz CT molecular complexity index is 1370. The van der Waals surface area contributed by atoms with Crippen LogP contribution in [-0.2, 0) is 13.1 Å². The molecule has 5 aromatic rings.